The van der Waals surface area contributed by atoms with Crippen molar-refractivity contribution in [3.8, 4) is 5.75 Å². The van der Waals surface area contributed by atoms with Crippen LogP contribution in [0, 0.1) is 0 Å². The Bertz CT molecular complexity index is 977. The van der Waals surface area contributed by atoms with Crippen LogP contribution in [0.4, 0.5) is 0 Å². The lowest BCUT2D eigenvalue weighted by Gasteiger charge is -2.30. The van der Waals surface area contributed by atoms with Crippen LogP contribution in [0.5, 0.6) is 5.75 Å². The number of hydrogen-bond acceptors (Lipinski definition) is 5. The van der Waals surface area contributed by atoms with Crippen molar-refractivity contribution in [3.63, 3.8) is 0 Å². The topological polar surface area (TPSA) is 66.9 Å². The molecular weight excluding hydrogens is 456 g/mol. The number of thioether (sulfide) groups is 1. The molecule has 1 fully saturated rings. The number of fused-ring (bicyclic) bond motifs is 1. The molecule has 0 radical (unpaired) electrons. The summed E-state index contributed by atoms with van der Waals surface area (Å²) < 4.78 is 6.38. The normalized spacial score (nSPS) is 19.5. The lowest BCUT2D eigenvalue weighted by Crippen LogP contribution is -2.49. The Balaban J connectivity index is 1.62. The number of imide groups is 1. The van der Waals surface area contributed by atoms with Gasteiger partial charge in [-0.25, -0.2) is 0 Å². The van der Waals surface area contributed by atoms with Gasteiger partial charge >= 0.3 is 0 Å². The predicted molar refractivity (Wildman–Crippen MR) is 114 cm³/mol. The summed E-state index contributed by atoms with van der Waals surface area (Å²) in [5, 5.41) is -0.243. The van der Waals surface area contributed by atoms with Gasteiger partial charge in [0, 0.05) is 22.3 Å². The average Bonchev–Trinajstić information content (AvgIpc) is 3.31. The van der Waals surface area contributed by atoms with E-state index in [-0.39, 0.29) is 11.3 Å². The lowest BCUT2D eigenvalue weighted by atomic mass is 10.1. The van der Waals surface area contributed by atoms with Crippen molar-refractivity contribution in [3.05, 3.63) is 63.6 Å². The molecule has 1 saturated heterocycles. The fourth-order valence-electron chi connectivity index (χ4n) is 3.76. The Morgan fingerprint density at radius 1 is 1.17 bits per heavy atom. The zero-order chi connectivity index (χ0) is 20.7. The number of nitrogens with zero attached hydrogens (tertiary/aromatic N) is 2. The summed E-state index contributed by atoms with van der Waals surface area (Å²) in [7, 11) is 1.60. The second-order valence-electron chi connectivity index (χ2n) is 6.84. The van der Waals surface area contributed by atoms with E-state index in [4.69, 9.17) is 4.74 Å². The highest BCUT2D eigenvalue weighted by Gasteiger charge is 2.44. The van der Waals surface area contributed by atoms with Gasteiger partial charge in [-0.2, -0.15) is 0 Å². The fourth-order valence-corrected chi connectivity index (χ4v) is 5.42. The minimum Gasteiger partial charge on any atom is -0.496 e. The molecule has 2 aliphatic heterocycles. The minimum atomic E-state index is -0.887. The van der Waals surface area contributed by atoms with Crippen LogP contribution in [0.15, 0.2) is 46.9 Å². The van der Waals surface area contributed by atoms with Crippen LogP contribution in [0.25, 0.3) is 0 Å². The molecule has 0 N–H and O–H groups in total. The number of carbonyl (C=O) groups excluding carboxylic acids is 3. The molecule has 2 aromatic rings. The van der Waals surface area contributed by atoms with Gasteiger partial charge < -0.3 is 9.64 Å². The standard InChI is InChI=1S/C21H19BrN2O4S/c1-12(24-19(26)14-5-3-4-6-15(14)20(24)27)18(25)23-9-10-29-21(23)16-11-13(22)7-8-17(16)28-2/h3-8,11-12,21H,9-10H2,1-2H3. The van der Waals surface area contributed by atoms with Crippen LogP contribution in [-0.4, -0.2) is 53.0 Å². The molecule has 0 aliphatic carbocycles. The van der Waals surface area contributed by atoms with Gasteiger partial charge in [-0.1, -0.05) is 28.1 Å². The Morgan fingerprint density at radius 2 is 1.83 bits per heavy atom. The quantitative estimate of drug-likeness (QED) is 0.631. The van der Waals surface area contributed by atoms with Crippen LogP contribution in [0.3, 0.4) is 0 Å². The Hall–Kier alpha value is -2.32. The summed E-state index contributed by atoms with van der Waals surface area (Å²) in [4.78, 5) is 41.7. The Kier molecular flexibility index (Phi) is 5.40. The summed E-state index contributed by atoms with van der Waals surface area (Å²) in [6.07, 6.45) is 0. The van der Waals surface area contributed by atoms with Crippen molar-refractivity contribution >= 4 is 45.4 Å². The first-order chi connectivity index (χ1) is 13.9. The van der Waals surface area contributed by atoms with E-state index in [1.54, 1.807) is 55.0 Å². The summed E-state index contributed by atoms with van der Waals surface area (Å²) in [6.45, 7) is 2.15. The molecule has 8 heteroatoms. The maximum Gasteiger partial charge on any atom is 0.262 e. The molecule has 0 spiro atoms. The number of halogens is 1. The number of benzene rings is 2. The third-order valence-corrected chi connectivity index (χ3v) is 6.94. The van der Waals surface area contributed by atoms with Crippen LogP contribution >= 0.6 is 27.7 Å². The predicted octanol–water partition coefficient (Wildman–Crippen LogP) is 3.72. The van der Waals surface area contributed by atoms with E-state index in [2.05, 4.69) is 15.9 Å². The van der Waals surface area contributed by atoms with Crippen molar-refractivity contribution in [2.75, 3.05) is 19.4 Å². The van der Waals surface area contributed by atoms with Crippen molar-refractivity contribution in [1.82, 2.24) is 9.80 Å². The van der Waals surface area contributed by atoms with Gasteiger partial charge in [-0.05, 0) is 37.3 Å². The molecule has 150 valence electrons. The first kappa shape index (κ1) is 20.0. The number of carbonyl (C=O) groups is 3. The molecule has 0 bridgehead atoms. The Labute approximate surface area is 181 Å². The van der Waals surface area contributed by atoms with Crippen LogP contribution in [0.1, 0.15) is 38.6 Å². The van der Waals surface area contributed by atoms with E-state index >= 15 is 0 Å². The molecule has 4 rings (SSSR count). The number of rotatable bonds is 4. The summed E-state index contributed by atoms with van der Waals surface area (Å²) in [6, 6.07) is 11.5. The van der Waals surface area contributed by atoms with E-state index in [1.165, 1.54) is 0 Å². The van der Waals surface area contributed by atoms with Gasteiger partial charge in [0.05, 0.1) is 18.2 Å². The van der Waals surface area contributed by atoms with Crippen molar-refractivity contribution in [2.45, 2.75) is 18.3 Å². The SMILES string of the molecule is COc1ccc(Br)cc1C1SCCN1C(=O)C(C)N1C(=O)c2ccccc2C1=O. The number of amides is 3. The van der Waals surface area contributed by atoms with Crippen molar-refractivity contribution in [2.24, 2.45) is 0 Å². The molecule has 29 heavy (non-hydrogen) atoms. The monoisotopic (exact) mass is 474 g/mol. The molecule has 0 aromatic heterocycles. The summed E-state index contributed by atoms with van der Waals surface area (Å²) >= 11 is 5.11. The zero-order valence-electron chi connectivity index (χ0n) is 15.9. The van der Waals surface area contributed by atoms with E-state index < -0.39 is 17.9 Å². The molecule has 2 atom stereocenters. The number of hydrogen-bond donors (Lipinski definition) is 0. The van der Waals surface area contributed by atoms with Crippen molar-refractivity contribution in [1.29, 1.82) is 0 Å². The minimum absolute atomic E-state index is 0.243. The van der Waals surface area contributed by atoms with Gasteiger partial charge in [0.15, 0.2) is 0 Å². The highest BCUT2D eigenvalue weighted by molar-refractivity contribution is 9.10. The van der Waals surface area contributed by atoms with E-state index in [1.807, 2.05) is 18.2 Å². The van der Waals surface area contributed by atoms with Crippen LogP contribution in [-0.2, 0) is 4.79 Å². The number of methoxy groups -OCH3 is 1. The maximum absolute atomic E-state index is 13.4. The molecule has 2 aliphatic rings. The van der Waals surface area contributed by atoms with Gasteiger partial charge in [0.1, 0.15) is 17.2 Å². The molecule has 0 saturated carbocycles. The van der Waals surface area contributed by atoms with Crippen LogP contribution in [0.2, 0.25) is 0 Å². The molecule has 3 amide bonds. The van der Waals surface area contributed by atoms with Gasteiger partial charge in [-0.3, -0.25) is 19.3 Å². The summed E-state index contributed by atoms with van der Waals surface area (Å²) in [5.74, 6) is 0.362. The molecule has 2 heterocycles. The third kappa shape index (κ3) is 3.34. The highest BCUT2D eigenvalue weighted by atomic mass is 79.9. The average molecular weight is 475 g/mol. The van der Waals surface area contributed by atoms with Crippen molar-refractivity contribution < 1.29 is 19.1 Å². The van der Waals surface area contributed by atoms with E-state index in [9.17, 15) is 14.4 Å². The third-order valence-electron chi connectivity index (χ3n) is 5.20. The van der Waals surface area contributed by atoms with Gasteiger partial charge in [0.2, 0.25) is 5.91 Å². The molecular formula is C21H19BrN2O4S. The lowest BCUT2D eigenvalue weighted by molar-refractivity contribution is -0.135. The second-order valence-corrected chi connectivity index (χ2v) is 8.95. The maximum atomic E-state index is 13.4. The van der Waals surface area contributed by atoms with E-state index in [0.717, 1.165) is 20.7 Å². The molecule has 2 aromatic carbocycles. The summed E-state index contributed by atoms with van der Waals surface area (Å²) in [5.41, 5.74) is 1.57. The highest BCUT2D eigenvalue weighted by Crippen LogP contribution is 2.43. The van der Waals surface area contributed by atoms with E-state index in [0.29, 0.717) is 23.4 Å². The largest absolute Gasteiger partial charge is 0.496 e. The molecule has 6 nitrogen and oxygen atoms in total. The first-order valence-corrected chi connectivity index (χ1v) is 11.0. The zero-order valence-corrected chi connectivity index (χ0v) is 18.3. The fraction of sp³-hybridized carbons (Fsp3) is 0.286. The van der Waals surface area contributed by atoms with Crippen LogP contribution < -0.4 is 4.74 Å². The Morgan fingerprint density at radius 3 is 2.45 bits per heavy atom. The molecule has 2 unspecified atom stereocenters. The number of ether oxygens (including phenoxy) is 1. The first-order valence-electron chi connectivity index (χ1n) is 9.16. The van der Waals surface area contributed by atoms with Gasteiger partial charge in [-0.15, -0.1) is 11.8 Å². The smallest absolute Gasteiger partial charge is 0.262 e. The van der Waals surface area contributed by atoms with Gasteiger partial charge in [0.25, 0.3) is 11.8 Å². The second kappa shape index (κ2) is 7.84.